The third-order valence-electron chi connectivity index (χ3n) is 4.39. The van der Waals surface area contributed by atoms with Gasteiger partial charge in [0.25, 0.3) is 11.8 Å². The fourth-order valence-corrected chi connectivity index (χ4v) is 3.29. The third-order valence-corrected chi connectivity index (χ3v) is 4.69. The Balaban J connectivity index is 1.50. The van der Waals surface area contributed by atoms with E-state index in [1.165, 1.54) is 6.20 Å². The van der Waals surface area contributed by atoms with Crippen molar-refractivity contribution in [3.8, 4) is 0 Å². The number of carbonyl (C=O) groups is 4. The average Bonchev–Trinajstić information content (AvgIpc) is 3.16. The molecule has 1 saturated carbocycles. The van der Waals surface area contributed by atoms with Crippen molar-refractivity contribution in [3.05, 3.63) is 23.5 Å². The number of aromatic nitrogens is 1. The van der Waals surface area contributed by atoms with Crippen LogP contribution in [0.15, 0.2) is 18.3 Å². The van der Waals surface area contributed by atoms with Gasteiger partial charge in [-0.05, 0) is 25.0 Å². The van der Waals surface area contributed by atoms with Crippen LogP contribution < -0.4 is 10.6 Å². The number of ether oxygens (including phenoxy) is 1. The van der Waals surface area contributed by atoms with Crippen LogP contribution in [0.2, 0.25) is 5.15 Å². The highest BCUT2D eigenvalue weighted by molar-refractivity contribution is 6.32. The van der Waals surface area contributed by atoms with Gasteiger partial charge in [0, 0.05) is 6.20 Å². The number of nitrogens with zero attached hydrogens (tertiary/aromatic N) is 2. The van der Waals surface area contributed by atoms with Crippen molar-refractivity contribution in [1.29, 1.82) is 0 Å². The molecule has 1 saturated heterocycles. The highest BCUT2D eigenvalue weighted by Crippen LogP contribution is 2.34. The van der Waals surface area contributed by atoms with E-state index in [0.717, 1.165) is 17.7 Å². The van der Waals surface area contributed by atoms with E-state index in [4.69, 9.17) is 16.3 Å². The molecule has 0 atom stereocenters. The van der Waals surface area contributed by atoms with Crippen molar-refractivity contribution < 1.29 is 23.9 Å². The molecule has 9 nitrogen and oxygen atoms in total. The Kier molecular flexibility index (Phi) is 5.08. The summed E-state index contributed by atoms with van der Waals surface area (Å²) in [5.41, 5.74) is -0.598. The first-order valence-electron chi connectivity index (χ1n) is 8.11. The number of urea groups is 1. The number of imide groups is 1. The molecule has 0 unspecified atom stereocenters. The molecule has 2 N–H and O–H groups in total. The number of hydrogen-bond acceptors (Lipinski definition) is 6. The Hall–Kier alpha value is -2.68. The molecule has 1 aromatic rings. The lowest BCUT2D eigenvalue weighted by molar-refractivity contribution is -0.150. The summed E-state index contributed by atoms with van der Waals surface area (Å²) >= 11 is 5.81. The van der Waals surface area contributed by atoms with Crippen molar-refractivity contribution in [2.75, 3.05) is 18.5 Å². The van der Waals surface area contributed by atoms with Gasteiger partial charge in [0.15, 0.2) is 11.8 Å². The van der Waals surface area contributed by atoms with Gasteiger partial charge in [-0.1, -0.05) is 24.4 Å². The van der Waals surface area contributed by atoms with Gasteiger partial charge in [-0.25, -0.2) is 9.78 Å². The third kappa shape index (κ3) is 3.62. The van der Waals surface area contributed by atoms with E-state index in [1.54, 1.807) is 12.1 Å². The molecule has 2 fully saturated rings. The van der Waals surface area contributed by atoms with Crippen LogP contribution in [0, 0.1) is 0 Å². The highest BCUT2D eigenvalue weighted by atomic mass is 35.5. The van der Waals surface area contributed by atoms with Gasteiger partial charge in [-0.3, -0.25) is 19.3 Å². The monoisotopic (exact) mass is 380 g/mol. The molecule has 26 heavy (non-hydrogen) atoms. The molecule has 10 heteroatoms. The van der Waals surface area contributed by atoms with Gasteiger partial charge < -0.3 is 15.4 Å². The van der Waals surface area contributed by atoms with Gasteiger partial charge in [-0.15, -0.1) is 0 Å². The first kappa shape index (κ1) is 18.1. The predicted molar refractivity (Wildman–Crippen MR) is 90.3 cm³/mol. The molecule has 0 radical (unpaired) electrons. The zero-order valence-electron chi connectivity index (χ0n) is 13.8. The van der Waals surface area contributed by atoms with E-state index >= 15 is 0 Å². The Morgan fingerprint density at radius 3 is 2.77 bits per heavy atom. The second-order valence-electron chi connectivity index (χ2n) is 6.16. The van der Waals surface area contributed by atoms with E-state index in [-0.39, 0.29) is 10.8 Å². The number of nitrogens with one attached hydrogen (secondary N) is 2. The standard InChI is InChI=1S/C16H17ClN4O5/c17-13-10(4-3-7-18-13)19-11(22)9-26-12(23)8-21-14(24)16(20-15(21)25)5-1-2-6-16/h3-4,7H,1-2,5-6,8-9H2,(H,19,22)(H,20,25). The minimum Gasteiger partial charge on any atom is -0.454 e. The van der Waals surface area contributed by atoms with Gasteiger partial charge in [0.2, 0.25) is 0 Å². The van der Waals surface area contributed by atoms with Gasteiger partial charge in [-0.2, -0.15) is 0 Å². The molecule has 1 aliphatic carbocycles. The lowest BCUT2D eigenvalue weighted by atomic mass is 9.98. The van der Waals surface area contributed by atoms with Crippen molar-refractivity contribution in [2.24, 2.45) is 0 Å². The summed E-state index contributed by atoms with van der Waals surface area (Å²) in [7, 11) is 0. The molecule has 0 aromatic carbocycles. The summed E-state index contributed by atoms with van der Waals surface area (Å²) in [5, 5.41) is 5.22. The SMILES string of the molecule is O=C(COC(=O)CN1C(=O)NC2(CCCC2)C1=O)Nc1cccnc1Cl. The van der Waals surface area contributed by atoms with Crippen molar-refractivity contribution in [2.45, 2.75) is 31.2 Å². The molecule has 1 aliphatic heterocycles. The maximum Gasteiger partial charge on any atom is 0.326 e. The second kappa shape index (κ2) is 7.28. The van der Waals surface area contributed by atoms with Gasteiger partial charge in [0.05, 0.1) is 5.69 Å². The normalized spacial score (nSPS) is 18.1. The minimum atomic E-state index is -0.883. The van der Waals surface area contributed by atoms with Crippen LogP contribution >= 0.6 is 11.6 Å². The zero-order valence-corrected chi connectivity index (χ0v) is 14.5. The Bertz CT molecular complexity index is 763. The van der Waals surface area contributed by atoms with Crippen LogP contribution in [0.5, 0.6) is 0 Å². The van der Waals surface area contributed by atoms with Crippen LogP contribution in [0.3, 0.4) is 0 Å². The maximum absolute atomic E-state index is 12.4. The summed E-state index contributed by atoms with van der Waals surface area (Å²) in [6.45, 7) is -1.10. The smallest absolute Gasteiger partial charge is 0.326 e. The molecule has 138 valence electrons. The fourth-order valence-electron chi connectivity index (χ4n) is 3.12. The average molecular weight is 381 g/mol. The molecular formula is C16H17ClN4O5. The fraction of sp³-hybridized carbons (Fsp3) is 0.438. The molecule has 1 aromatic heterocycles. The lowest BCUT2D eigenvalue weighted by Gasteiger charge is -2.19. The van der Waals surface area contributed by atoms with Crippen molar-refractivity contribution in [3.63, 3.8) is 0 Å². The number of esters is 1. The zero-order chi connectivity index (χ0) is 18.7. The van der Waals surface area contributed by atoms with Crippen LogP contribution in [-0.2, 0) is 19.1 Å². The van der Waals surface area contributed by atoms with Crippen LogP contribution in [0.4, 0.5) is 10.5 Å². The number of anilines is 1. The number of amides is 4. The quantitative estimate of drug-likeness (QED) is 0.448. The summed E-state index contributed by atoms with van der Waals surface area (Å²) in [5.74, 6) is -1.88. The Morgan fingerprint density at radius 1 is 1.35 bits per heavy atom. The summed E-state index contributed by atoms with van der Waals surface area (Å²) in [4.78, 5) is 52.8. The highest BCUT2D eigenvalue weighted by Gasteiger charge is 2.52. The Labute approximate surface area is 154 Å². The largest absolute Gasteiger partial charge is 0.454 e. The summed E-state index contributed by atoms with van der Waals surface area (Å²) in [6, 6.07) is 2.52. The molecule has 0 bridgehead atoms. The number of halogens is 1. The Morgan fingerprint density at radius 2 is 2.08 bits per heavy atom. The topological polar surface area (TPSA) is 118 Å². The van der Waals surface area contributed by atoms with Gasteiger partial charge >= 0.3 is 12.0 Å². The van der Waals surface area contributed by atoms with E-state index in [1.807, 2.05) is 0 Å². The predicted octanol–water partition coefficient (Wildman–Crippen LogP) is 1.08. The molecular weight excluding hydrogens is 364 g/mol. The van der Waals surface area contributed by atoms with E-state index < -0.39 is 42.5 Å². The number of rotatable bonds is 5. The second-order valence-corrected chi connectivity index (χ2v) is 6.52. The summed E-state index contributed by atoms with van der Waals surface area (Å²) in [6.07, 6.45) is 4.30. The molecule has 4 amide bonds. The lowest BCUT2D eigenvalue weighted by Crippen LogP contribution is -2.44. The van der Waals surface area contributed by atoms with Gasteiger partial charge in [0.1, 0.15) is 12.1 Å². The number of pyridine rings is 1. The molecule has 2 heterocycles. The minimum absolute atomic E-state index is 0.105. The first-order valence-corrected chi connectivity index (χ1v) is 8.49. The number of hydrogen-bond donors (Lipinski definition) is 2. The number of carbonyl (C=O) groups excluding carboxylic acids is 4. The van der Waals surface area contributed by atoms with Crippen LogP contribution in [0.1, 0.15) is 25.7 Å². The first-order chi connectivity index (χ1) is 12.4. The summed E-state index contributed by atoms with van der Waals surface area (Å²) < 4.78 is 4.84. The molecule has 2 aliphatic rings. The maximum atomic E-state index is 12.4. The molecule has 3 rings (SSSR count). The van der Waals surface area contributed by atoms with E-state index in [9.17, 15) is 19.2 Å². The van der Waals surface area contributed by atoms with Crippen LogP contribution in [0.25, 0.3) is 0 Å². The van der Waals surface area contributed by atoms with Crippen molar-refractivity contribution in [1.82, 2.24) is 15.2 Å². The van der Waals surface area contributed by atoms with Crippen LogP contribution in [-0.4, -0.2) is 52.4 Å². The van der Waals surface area contributed by atoms with E-state index in [0.29, 0.717) is 12.8 Å². The van der Waals surface area contributed by atoms with E-state index in [2.05, 4.69) is 15.6 Å². The van der Waals surface area contributed by atoms with Crippen molar-refractivity contribution >= 4 is 41.1 Å². The molecule has 1 spiro atoms.